The predicted molar refractivity (Wildman–Crippen MR) is 71.1 cm³/mol. The Kier molecular flexibility index (Phi) is 3.24. The number of phenols is 2. The van der Waals surface area contributed by atoms with Gasteiger partial charge in [0.1, 0.15) is 16.4 Å². The zero-order chi connectivity index (χ0) is 14.2. The lowest BCUT2D eigenvalue weighted by Crippen LogP contribution is -2.02. The fourth-order valence-electron chi connectivity index (χ4n) is 1.72. The molecule has 0 amide bonds. The molecular weight excluding hydrogens is 264 g/mol. The molecule has 0 unspecified atom stereocenters. The molecule has 100 valence electrons. The highest BCUT2D eigenvalue weighted by Gasteiger charge is 2.22. The van der Waals surface area contributed by atoms with Crippen LogP contribution < -0.4 is 0 Å². The highest BCUT2D eigenvalue weighted by Crippen LogP contribution is 2.33. The number of aryl methyl sites for hydroxylation is 2. The Hall–Kier alpha value is -2.01. The normalized spacial score (nSPS) is 11.5. The molecule has 0 bridgehead atoms. The van der Waals surface area contributed by atoms with Gasteiger partial charge in [0.15, 0.2) is 0 Å². The van der Waals surface area contributed by atoms with E-state index in [2.05, 4.69) is 0 Å². The van der Waals surface area contributed by atoms with Gasteiger partial charge >= 0.3 is 0 Å². The number of benzene rings is 2. The molecule has 2 rings (SSSR count). The molecule has 2 aromatic rings. The first kappa shape index (κ1) is 13.4. The van der Waals surface area contributed by atoms with E-state index in [1.165, 1.54) is 18.2 Å². The number of aromatic hydroxyl groups is 2. The maximum absolute atomic E-state index is 12.4. The van der Waals surface area contributed by atoms with Crippen LogP contribution >= 0.6 is 0 Å². The zero-order valence-corrected chi connectivity index (χ0v) is 11.4. The van der Waals surface area contributed by atoms with Gasteiger partial charge < -0.3 is 10.2 Å². The number of hydrogen-bond acceptors (Lipinski definition) is 4. The molecule has 0 aromatic heterocycles. The van der Waals surface area contributed by atoms with Crippen LogP contribution in [0.3, 0.4) is 0 Å². The molecule has 0 aliphatic heterocycles. The smallest absolute Gasteiger partial charge is 0.210 e. The SMILES string of the molecule is Cc1ccc(S(=O)(=O)c2cc(O)c(C)cc2O)cc1. The summed E-state index contributed by atoms with van der Waals surface area (Å²) < 4.78 is 24.7. The van der Waals surface area contributed by atoms with E-state index in [1.807, 2.05) is 6.92 Å². The summed E-state index contributed by atoms with van der Waals surface area (Å²) in [4.78, 5) is -0.212. The number of rotatable bonds is 2. The molecule has 4 nitrogen and oxygen atoms in total. The highest BCUT2D eigenvalue weighted by molar-refractivity contribution is 7.91. The minimum absolute atomic E-state index is 0.0802. The number of phenolic OH excluding ortho intramolecular Hbond substituents is 2. The monoisotopic (exact) mass is 278 g/mol. The Morgan fingerprint density at radius 2 is 1.47 bits per heavy atom. The summed E-state index contributed by atoms with van der Waals surface area (Å²) in [5.74, 6) is -0.528. The van der Waals surface area contributed by atoms with Crippen LogP contribution in [0.25, 0.3) is 0 Å². The van der Waals surface area contributed by atoms with E-state index in [0.717, 1.165) is 11.6 Å². The quantitative estimate of drug-likeness (QED) is 0.828. The minimum Gasteiger partial charge on any atom is -0.508 e. The topological polar surface area (TPSA) is 74.6 Å². The third-order valence-corrected chi connectivity index (χ3v) is 4.70. The average molecular weight is 278 g/mol. The summed E-state index contributed by atoms with van der Waals surface area (Å²) in [6, 6.07) is 8.61. The molecule has 0 spiro atoms. The van der Waals surface area contributed by atoms with E-state index >= 15 is 0 Å². The van der Waals surface area contributed by atoms with Crippen LogP contribution in [-0.2, 0) is 9.84 Å². The van der Waals surface area contributed by atoms with Gasteiger partial charge in [-0.05, 0) is 37.6 Å². The van der Waals surface area contributed by atoms with Crippen molar-refractivity contribution >= 4 is 9.84 Å². The van der Waals surface area contributed by atoms with Gasteiger partial charge in [0, 0.05) is 6.07 Å². The average Bonchev–Trinajstić information content (AvgIpc) is 2.34. The van der Waals surface area contributed by atoms with E-state index in [1.54, 1.807) is 19.1 Å². The van der Waals surface area contributed by atoms with Crippen molar-refractivity contribution in [1.29, 1.82) is 0 Å². The van der Waals surface area contributed by atoms with Gasteiger partial charge in [-0.25, -0.2) is 8.42 Å². The van der Waals surface area contributed by atoms with Gasteiger partial charge in [0.2, 0.25) is 9.84 Å². The van der Waals surface area contributed by atoms with Gasteiger partial charge in [-0.3, -0.25) is 0 Å². The van der Waals surface area contributed by atoms with E-state index in [-0.39, 0.29) is 21.3 Å². The second-order valence-corrected chi connectivity index (χ2v) is 6.34. The maximum atomic E-state index is 12.4. The van der Waals surface area contributed by atoms with Crippen LogP contribution in [0.5, 0.6) is 11.5 Å². The number of hydrogen-bond donors (Lipinski definition) is 2. The van der Waals surface area contributed by atoms with E-state index in [0.29, 0.717) is 5.56 Å². The van der Waals surface area contributed by atoms with Crippen molar-refractivity contribution in [2.45, 2.75) is 23.6 Å². The summed E-state index contributed by atoms with van der Waals surface area (Å²) in [5, 5.41) is 19.4. The minimum atomic E-state index is -3.84. The van der Waals surface area contributed by atoms with Crippen molar-refractivity contribution in [2.24, 2.45) is 0 Å². The lowest BCUT2D eigenvalue weighted by Gasteiger charge is -2.09. The Morgan fingerprint density at radius 1 is 0.895 bits per heavy atom. The standard InChI is InChI=1S/C14H14O4S/c1-9-3-5-11(6-4-9)19(17,18)14-8-12(15)10(2)7-13(14)16/h3-8,15-16H,1-2H3. The molecule has 0 aliphatic rings. The van der Waals surface area contributed by atoms with Crippen LogP contribution in [0, 0.1) is 13.8 Å². The van der Waals surface area contributed by atoms with Crippen molar-refractivity contribution in [3.8, 4) is 11.5 Å². The molecule has 2 N–H and O–H groups in total. The molecule has 0 saturated heterocycles. The summed E-state index contributed by atoms with van der Waals surface area (Å²) in [5.41, 5.74) is 1.36. The van der Waals surface area contributed by atoms with E-state index in [4.69, 9.17) is 0 Å². The molecule has 0 heterocycles. The van der Waals surface area contributed by atoms with Crippen LogP contribution in [0.2, 0.25) is 0 Å². The Bertz CT molecular complexity index is 716. The third-order valence-electron chi connectivity index (χ3n) is 2.90. The predicted octanol–water partition coefficient (Wildman–Crippen LogP) is 2.55. The molecule has 0 radical (unpaired) electrons. The van der Waals surface area contributed by atoms with Gasteiger partial charge in [0.05, 0.1) is 4.90 Å². The lowest BCUT2D eigenvalue weighted by molar-refractivity contribution is 0.442. The van der Waals surface area contributed by atoms with Gasteiger partial charge in [0.25, 0.3) is 0 Å². The fourth-order valence-corrected chi connectivity index (χ4v) is 3.07. The highest BCUT2D eigenvalue weighted by atomic mass is 32.2. The van der Waals surface area contributed by atoms with Gasteiger partial charge in [-0.1, -0.05) is 17.7 Å². The zero-order valence-electron chi connectivity index (χ0n) is 10.6. The van der Waals surface area contributed by atoms with Crippen molar-refractivity contribution < 1.29 is 18.6 Å². The Morgan fingerprint density at radius 3 is 2.05 bits per heavy atom. The first-order chi connectivity index (χ1) is 8.82. The van der Waals surface area contributed by atoms with E-state index in [9.17, 15) is 18.6 Å². The van der Waals surface area contributed by atoms with Crippen LogP contribution in [0.4, 0.5) is 0 Å². The molecule has 0 aliphatic carbocycles. The third kappa shape index (κ3) is 2.42. The molecule has 0 fully saturated rings. The maximum Gasteiger partial charge on any atom is 0.210 e. The summed E-state index contributed by atoms with van der Waals surface area (Å²) in [6.45, 7) is 3.43. The van der Waals surface area contributed by atoms with Crippen LogP contribution in [0.1, 0.15) is 11.1 Å². The fraction of sp³-hybridized carbons (Fsp3) is 0.143. The van der Waals surface area contributed by atoms with E-state index < -0.39 is 9.84 Å². The van der Waals surface area contributed by atoms with Crippen LogP contribution in [0.15, 0.2) is 46.2 Å². The van der Waals surface area contributed by atoms with Gasteiger partial charge in [-0.15, -0.1) is 0 Å². The molecule has 19 heavy (non-hydrogen) atoms. The molecule has 0 saturated carbocycles. The van der Waals surface area contributed by atoms with Crippen molar-refractivity contribution in [1.82, 2.24) is 0 Å². The number of sulfone groups is 1. The summed E-state index contributed by atoms with van der Waals surface area (Å²) in [6.07, 6.45) is 0. The van der Waals surface area contributed by atoms with Crippen molar-refractivity contribution in [3.63, 3.8) is 0 Å². The first-order valence-corrected chi connectivity index (χ1v) is 7.15. The van der Waals surface area contributed by atoms with Crippen molar-refractivity contribution in [3.05, 3.63) is 47.5 Å². The molecule has 5 heteroatoms. The van der Waals surface area contributed by atoms with Gasteiger partial charge in [-0.2, -0.15) is 0 Å². The molecular formula is C14H14O4S. The largest absolute Gasteiger partial charge is 0.508 e. The summed E-state index contributed by atoms with van der Waals surface area (Å²) in [7, 11) is -3.84. The van der Waals surface area contributed by atoms with Crippen LogP contribution in [-0.4, -0.2) is 18.6 Å². The second kappa shape index (κ2) is 4.59. The Balaban J connectivity index is 2.63. The second-order valence-electron chi connectivity index (χ2n) is 4.42. The Labute approximate surface area is 111 Å². The lowest BCUT2D eigenvalue weighted by atomic mass is 10.2. The van der Waals surface area contributed by atoms with Crippen molar-refractivity contribution in [2.75, 3.05) is 0 Å². The summed E-state index contributed by atoms with van der Waals surface area (Å²) >= 11 is 0. The molecule has 2 aromatic carbocycles. The first-order valence-electron chi connectivity index (χ1n) is 5.66. The molecule has 0 atom stereocenters.